The van der Waals surface area contributed by atoms with Gasteiger partial charge >= 0.3 is 0 Å². The fourth-order valence-electron chi connectivity index (χ4n) is 22.9. The third-order valence-corrected chi connectivity index (χ3v) is 26.6. The van der Waals surface area contributed by atoms with Gasteiger partial charge in [0.1, 0.15) is 0 Å². The van der Waals surface area contributed by atoms with Gasteiger partial charge in [0.2, 0.25) is 0 Å². The second-order valence-electron chi connectivity index (χ2n) is 31.0. The Balaban J connectivity index is 0.850. The average molecular weight is 1380 g/mol. The van der Waals surface area contributed by atoms with Crippen LogP contribution in [0.2, 0.25) is 0 Å². The van der Waals surface area contributed by atoms with Crippen molar-refractivity contribution < 1.29 is 0 Å². The summed E-state index contributed by atoms with van der Waals surface area (Å²) in [5.41, 5.74) is 45.8. The van der Waals surface area contributed by atoms with Crippen molar-refractivity contribution in [3.05, 3.63) is 443 Å². The summed E-state index contributed by atoms with van der Waals surface area (Å²) in [5, 5.41) is 2.44. The molecule has 0 radical (unpaired) electrons. The summed E-state index contributed by atoms with van der Waals surface area (Å²) in [4.78, 5) is 5.50. The quantitative estimate of drug-likeness (QED) is 0.163. The number of hydrogen-bond donors (Lipinski definition) is 0. The first-order valence-corrected chi connectivity index (χ1v) is 38.4. The number of hydrogen-bond acceptors (Lipinski definition) is 2. The summed E-state index contributed by atoms with van der Waals surface area (Å²) < 4.78 is 2.57. The predicted molar refractivity (Wildman–Crippen MR) is 449 cm³/mol. The molecule has 0 unspecified atom stereocenters. The van der Waals surface area contributed by atoms with Crippen LogP contribution in [0.25, 0.3) is 105 Å². The third-order valence-electron chi connectivity index (χ3n) is 26.6. The Morgan fingerprint density at radius 2 is 0.606 bits per heavy atom. The molecular weight excluding hydrogens is 1310 g/mol. The number of para-hydroxylation sites is 2. The van der Waals surface area contributed by atoms with Crippen LogP contribution in [-0.2, 0) is 16.2 Å². The molecule has 3 nitrogen and oxygen atoms in total. The lowest BCUT2D eigenvalue weighted by atomic mass is 9.32. The molecule has 1 aromatic heterocycles. The zero-order valence-electron chi connectivity index (χ0n) is 59.2. The zero-order valence-corrected chi connectivity index (χ0v) is 59.2. The lowest BCUT2D eigenvalue weighted by molar-refractivity contribution is 0.793. The van der Waals surface area contributed by atoms with E-state index in [9.17, 15) is 0 Å². The van der Waals surface area contributed by atoms with E-state index in [1.165, 1.54) is 177 Å². The van der Waals surface area contributed by atoms with E-state index in [1.807, 2.05) is 0 Å². The molecule has 18 aromatic rings. The Labute approximate surface area is 631 Å². The van der Waals surface area contributed by atoms with Crippen molar-refractivity contribution in [2.24, 2.45) is 0 Å². The number of fused-ring (bicyclic) bond motifs is 38. The zero-order chi connectivity index (χ0) is 70.7. The Kier molecular flexibility index (Phi) is 11.2. The highest BCUT2D eigenvalue weighted by Gasteiger charge is 2.59. The maximum atomic E-state index is 2.76. The average Bonchev–Trinajstić information content (AvgIpc) is 1.54. The van der Waals surface area contributed by atoms with Gasteiger partial charge in [0.05, 0.1) is 38.7 Å². The first-order valence-electron chi connectivity index (χ1n) is 38.4. The van der Waals surface area contributed by atoms with Gasteiger partial charge in [-0.1, -0.05) is 322 Å². The lowest BCUT2D eigenvalue weighted by Gasteiger charge is -2.47. The van der Waals surface area contributed by atoms with Crippen LogP contribution in [0.4, 0.5) is 34.1 Å². The molecule has 8 aliphatic rings. The summed E-state index contributed by atoms with van der Waals surface area (Å²) in [6.07, 6.45) is 0. The van der Waals surface area contributed by atoms with Crippen LogP contribution in [0.1, 0.15) is 66.8 Å². The number of nitrogens with zero attached hydrogens (tertiary/aromatic N) is 3. The number of aromatic nitrogens is 1. The summed E-state index contributed by atoms with van der Waals surface area (Å²) in [6.45, 7) is -0.318. The maximum Gasteiger partial charge on any atom is 0.252 e. The van der Waals surface area contributed by atoms with E-state index < -0.39 is 16.2 Å². The Morgan fingerprint density at radius 3 is 1.13 bits per heavy atom. The largest absolute Gasteiger partial charge is 0.311 e. The minimum Gasteiger partial charge on any atom is -0.311 e. The van der Waals surface area contributed by atoms with E-state index in [4.69, 9.17) is 0 Å². The van der Waals surface area contributed by atoms with Crippen LogP contribution in [0.3, 0.4) is 0 Å². The molecule has 0 amide bonds. The standard InChI is InChI=1S/C105H62BN3/c1-2-27-63(28-3-1)64-53-57-94-91(59-64)106-101-97(61-66(108-92-50-24-13-37-76(92)77-38-14-25-51-93(77)108)62-98(101)109(94)95-52-26-49-89-99(95)79-39-12-23-48-88(79)103(89)80-40-15-4-29-67(80)68-30-5-16-41-81(68)103)107(65-54-55-75-73-35-8-19-44-84(73)104(90(75)60-65)82-42-17-6-31-69(82)70-32-7-18-43-83(70)104)96-58-56-78-74-36-11-22-47-87(74)105(100(78)102(96)106)85-45-20-9-33-71(85)72-34-10-21-46-86(72)105/h1-62H. The molecule has 109 heavy (non-hydrogen) atoms. The molecule has 4 heteroatoms. The summed E-state index contributed by atoms with van der Waals surface area (Å²) >= 11 is 0. The maximum absolute atomic E-state index is 2.76. The molecule has 0 fully saturated rings. The first kappa shape index (κ1) is 58.5. The van der Waals surface area contributed by atoms with Crippen LogP contribution in [0.15, 0.2) is 376 Å². The highest BCUT2D eigenvalue weighted by molar-refractivity contribution is 7.01. The topological polar surface area (TPSA) is 11.4 Å². The van der Waals surface area contributed by atoms with Gasteiger partial charge in [-0.3, -0.25) is 0 Å². The van der Waals surface area contributed by atoms with Gasteiger partial charge in [0, 0.05) is 44.8 Å². The minimum atomic E-state index is -0.710. The minimum absolute atomic E-state index is 0.318. The molecule has 0 N–H and O–H groups in total. The van der Waals surface area contributed by atoms with Crippen molar-refractivity contribution in [2.75, 3.05) is 9.80 Å². The molecule has 6 aliphatic carbocycles. The van der Waals surface area contributed by atoms with Crippen molar-refractivity contribution in [1.82, 2.24) is 4.57 Å². The molecule has 3 heterocycles. The molecule has 2 aliphatic heterocycles. The fraction of sp³-hybridized carbons (Fsp3) is 0.0286. The molecule has 17 aromatic carbocycles. The second-order valence-corrected chi connectivity index (χ2v) is 31.0. The monoisotopic (exact) mass is 1380 g/mol. The van der Waals surface area contributed by atoms with Crippen LogP contribution >= 0.6 is 0 Å². The Bertz CT molecular complexity index is 6950. The normalized spacial score (nSPS) is 15.0. The van der Waals surface area contributed by atoms with Crippen LogP contribution < -0.4 is 26.2 Å². The van der Waals surface area contributed by atoms with Crippen molar-refractivity contribution in [3.63, 3.8) is 0 Å². The Morgan fingerprint density at radius 1 is 0.211 bits per heavy atom. The van der Waals surface area contributed by atoms with Crippen molar-refractivity contribution in [2.45, 2.75) is 16.2 Å². The predicted octanol–water partition coefficient (Wildman–Crippen LogP) is 23.6. The van der Waals surface area contributed by atoms with Gasteiger partial charge in [-0.05, 0) is 210 Å². The summed E-state index contributed by atoms with van der Waals surface area (Å²) in [5.74, 6) is 0. The Hall–Kier alpha value is -13.8. The van der Waals surface area contributed by atoms with Gasteiger partial charge in [0.15, 0.2) is 0 Å². The van der Waals surface area contributed by atoms with E-state index in [1.54, 1.807) is 0 Å². The van der Waals surface area contributed by atoms with Crippen molar-refractivity contribution >= 4 is 79.0 Å². The molecule has 0 saturated carbocycles. The molecule has 3 spiro atoms. The van der Waals surface area contributed by atoms with Gasteiger partial charge in [0.25, 0.3) is 6.71 Å². The smallest absolute Gasteiger partial charge is 0.252 e. The first-order chi connectivity index (χ1) is 54.1. The molecule has 26 rings (SSSR count). The second kappa shape index (κ2) is 20.8. The van der Waals surface area contributed by atoms with Crippen molar-refractivity contribution in [1.29, 1.82) is 0 Å². The van der Waals surface area contributed by atoms with Gasteiger partial charge in [-0.2, -0.15) is 0 Å². The van der Waals surface area contributed by atoms with Gasteiger partial charge in [-0.25, -0.2) is 0 Å². The van der Waals surface area contributed by atoms with E-state index in [2.05, 4.69) is 390 Å². The van der Waals surface area contributed by atoms with Crippen molar-refractivity contribution in [3.8, 4) is 83.6 Å². The molecule has 0 saturated heterocycles. The van der Waals surface area contributed by atoms with Crippen LogP contribution in [-0.4, -0.2) is 11.3 Å². The number of benzene rings is 17. The number of anilines is 6. The molecule has 500 valence electrons. The molecule has 0 atom stereocenters. The summed E-state index contributed by atoms with van der Waals surface area (Å²) in [6, 6.07) is 146. The summed E-state index contributed by atoms with van der Waals surface area (Å²) in [7, 11) is 0. The van der Waals surface area contributed by atoms with E-state index in [0.29, 0.717) is 0 Å². The van der Waals surface area contributed by atoms with E-state index >= 15 is 0 Å². The fourth-order valence-corrected chi connectivity index (χ4v) is 22.9. The van der Waals surface area contributed by atoms with E-state index in [-0.39, 0.29) is 6.71 Å². The third kappa shape index (κ3) is 6.92. The highest BCUT2D eigenvalue weighted by atomic mass is 15.2. The lowest BCUT2D eigenvalue weighted by Crippen LogP contribution is -2.63. The van der Waals surface area contributed by atoms with Crippen LogP contribution in [0, 0.1) is 0 Å². The van der Waals surface area contributed by atoms with Gasteiger partial charge in [-0.15, -0.1) is 0 Å². The van der Waals surface area contributed by atoms with Gasteiger partial charge < -0.3 is 14.4 Å². The SMILES string of the molecule is c1ccc(-c2ccc3c(c2)B2c4c(cc(-n5c6ccccc6c6ccccc65)cc4N3c3cccc4c3-c3ccccc3C43c4ccccc4-c4ccccc43)N(c3ccc4c(c3)C3(c5ccccc5-c5ccccc53)c3ccccc3-4)c3ccc4c(c32)C2(c3ccccc3-c3ccccc32)c2ccccc2-4)cc1. The molecule has 0 bridgehead atoms. The highest BCUT2D eigenvalue weighted by Crippen LogP contribution is 2.69. The number of rotatable bonds is 4. The van der Waals surface area contributed by atoms with E-state index in [0.717, 1.165) is 45.2 Å². The van der Waals surface area contributed by atoms with Crippen LogP contribution in [0.5, 0.6) is 0 Å². The molecular formula is C105H62BN3.